The number of carbonyl (C=O) groups is 2. The van der Waals surface area contributed by atoms with Gasteiger partial charge in [0.15, 0.2) is 11.5 Å². The van der Waals surface area contributed by atoms with E-state index >= 15 is 0 Å². The Morgan fingerprint density at radius 1 is 1.08 bits per heavy atom. The lowest BCUT2D eigenvalue weighted by molar-refractivity contribution is -0.120. The van der Waals surface area contributed by atoms with E-state index in [1.807, 2.05) is 6.92 Å². The van der Waals surface area contributed by atoms with Gasteiger partial charge in [-0.1, -0.05) is 18.2 Å². The molecule has 0 atom stereocenters. The van der Waals surface area contributed by atoms with Crippen LogP contribution in [0.1, 0.15) is 22.8 Å². The highest BCUT2D eigenvalue weighted by atomic mass is 16.5. The lowest BCUT2D eigenvalue weighted by Crippen LogP contribution is -2.36. The summed E-state index contributed by atoms with van der Waals surface area (Å²) >= 11 is 0. The Balaban J connectivity index is 1.86. The fraction of sp³-hybridized carbons (Fsp3) is 0.263. The molecular formula is C19H22N2O5. The van der Waals surface area contributed by atoms with E-state index in [9.17, 15) is 14.7 Å². The number of carbonyl (C=O) groups excluding carboxylic acids is 2. The van der Waals surface area contributed by atoms with Gasteiger partial charge in [-0.05, 0) is 36.8 Å². The molecule has 2 aromatic rings. The van der Waals surface area contributed by atoms with Gasteiger partial charge in [-0.25, -0.2) is 0 Å². The molecule has 0 aliphatic rings. The minimum absolute atomic E-state index is 0.0304. The SMILES string of the molecule is CCOc1ccccc1C(=O)NCC(=O)NCc1ccc(O)c(OC)c1. The standard InChI is InChI=1S/C19H22N2O5/c1-3-26-16-7-5-4-6-14(16)19(24)21-12-18(23)20-11-13-8-9-15(22)17(10-13)25-2/h4-10,22H,3,11-12H2,1-2H3,(H,20,23)(H,21,24). The number of methoxy groups -OCH3 is 1. The van der Waals surface area contributed by atoms with E-state index in [1.165, 1.54) is 13.2 Å². The molecule has 0 radical (unpaired) electrons. The summed E-state index contributed by atoms with van der Waals surface area (Å²) in [4.78, 5) is 24.2. The minimum Gasteiger partial charge on any atom is -0.504 e. The van der Waals surface area contributed by atoms with E-state index in [0.717, 1.165) is 5.56 Å². The number of para-hydroxylation sites is 1. The molecule has 0 aliphatic carbocycles. The van der Waals surface area contributed by atoms with Gasteiger partial charge in [-0.3, -0.25) is 9.59 Å². The van der Waals surface area contributed by atoms with Gasteiger partial charge >= 0.3 is 0 Å². The van der Waals surface area contributed by atoms with Crippen molar-refractivity contribution in [3.63, 3.8) is 0 Å². The van der Waals surface area contributed by atoms with Crippen molar-refractivity contribution in [2.75, 3.05) is 20.3 Å². The van der Waals surface area contributed by atoms with Crippen LogP contribution < -0.4 is 20.1 Å². The summed E-state index contributed by atoms with van der Waals surface area (Å²) in [6.45, 7) is 2.37. The number of hydrogen-bond acceptors (Lipinski definition) is 5. The van der Waals surface area contributed by atoms with Gasteiger partial charge in [0.25, 0.3) is 5.91 Å². The third kappa shape index (κ3) is 5.14. The van der Waals surface area contributed by atoms with E-state index in [4.69, 9.17) is 9.47 Å². The van der Waals surface area contributed by atoms with Crippen molar-refractivity contribution in [1.29, 1.82) is 0 Å². The summed E-state index contributed by atoms with van der Waals surface area (Å²) < 4.78 is 10.4. The number of aromatic hydroxyl groups is 1. The van der Waals surface area contributed by atoms with E-state index in [1.54, 1.807) is 36.4 Å². The van der Waals surface area contributed by atoms with E-state index < -0.39 is 0 Å². The fourth-order valence-electron chi connectivity index (χ4n) is 2.29. The molecule has 0 heterocycles. The number of nitrogens with one attached hydrogen (secondary N) is 2. The summed E-state index contributed by atoms with van der Waals surface area (Å²) in [7, 11) is 1.45. The van der Waals surface area contributed by atoms with Crippen molar-refractivity contribution in [3.05, 3.63) is 53.6 Å². The molecule has 26 heavy (non-hydrogen) atoms. The molecule has 0 fully saturated rings. The second kappa shape index (κ2) is 9.31. The summed E-state index contributed by atoms with van der Waals surface area (Å²) in [5, 5.41) is 14.8. The maximum atomic E-state index is 12.2. The zero-order chi connectivity index (χ0) is 18.9. The van der Waals surface area contributed by atoms with Gasteiger partial charge in [0.2, 0.25) is 5.91 Å². The van der Waals surface area contributed by atoms with Crippen LogP contribution in [0.15, 0.2) is 42.5 Å². The number of amides is 2. The zero-order valence-corrected chi connectivity index (χ0v) is 14.7. The predicted octanol–water partition coefficient (Wildman–Crippen LogP) is 1.85. The summed E-state index contributed by atoms with van der Waals surface area (Å²) in [5.41, 5.74) is 1.14. The highest BCUT2D eigenvalue weighted by molar-refractivity contribution is 5.98. The van der Waals surface area contributed by atoms with E-state index in [2.05, 4.69) is 10.6 Å². The molecular weight excluding hydrogens is 336 g/mol. The van der Waals surface area contributed by atoms with Crippen LogP contribution in [0.4, 0.5) is 0 Å². The van der Waals surface area contributed by atoms with Gasteiger partial charge in [0.1, 0.15) is 5.75 Å². The first-order valence-electron chi connectivity index (χ1n) is 8.17. The quantitative estimate of drug-likeness (QED) is 0.669. The molecule has 0 spiro atoms. The van der Waals surface area contributed by atoms with Crippen LogP contribution in [0.2, 0.25) is 0 Å². The average Bonchev–Trinajstić information content (AvgIpc) is 2.66. The number of rotatable bonds is 8. The van der Waals surface area contributed by atoms with Gasteiger partial charge in [-0.2, -0.15) is 0 Å². The monoisotopic (exact) mass is 358 g/mol. The van der Waals surface area contributed by atoms with E-state index in [-0.39, 0.29) is 30.7 Å². The second-order valence-electron chi connectivity index (χ2n) is 5.39. The third-order valence-corrected chi connectivity index (χ3v) is 3.57. The Kier molecular flexibility index (Phi) is 6.84. The Morgan fingerprint density at radius 2 is 1.85 bits per heavy atom. The number of hydrogen-bond donors (Lipinski definition) is 3. The zero-order valence-electron chi connectivity index (χ0n) is 14.7. The number of ether oxygens (including phenoxy) is 2. The molecule has 3 N–H and O–H groups in total. The molecule has 2 rings (SSSR count). The first-order chi connectivity index (χ1) is 12.5. The smallest absolute Gasteiger partial charge is 0.255 e. The number of benzene rings is 2. The van der Waals surface area contributed by atoms with Crippen LogP contribution in [0, 0.1) is 0 Å². The Morgan fingerprint density at radius 3 is 2.58 bits per heavy atom. The molecule has 0 saturated heterocycles. The first kappa shape index (κ1) is 19.1. The normalized spacial score (nSPS) is 10.1. The molecule has 2 aromatic carbocycles. The van der Waals surface area contributed by atoms with Gasteiger partial charge in [0, 0.05) is 6.54 Å². The van der Waals surface area contributed by atoms with Crippen LogP contribution in [0.3, 0.4) is 0 Å². The minimum atomic E-state index is -0.379. The van der Waals surface area contributed by atoms with E-state index in [0.29, 0.717) is 23.7 Å². The molecule has 2 amide bonds. The Labute approximate surface area is 151 Å². The fourth-order valence-corrected chi connectivity index (χ4v) is 2.29. The number of phenolic OH excluding ortho intramolecular Hbond substituents is 1. The summed E-state index contributed by atoms with van der Waals surface area (Å²) in [6.07, 6.45) is 0. The molecule has 0 saturated carbocycles. The van der Waals surface area contributed by atoms with Crippen LogP contribution in [-0.2, 0) is 11.3 Å². The van der Waals surface area contributed by atoms with Crippen LogP contribution in [0.5, 0.6) is 17.2 Å². The topological polar surface area (TPSA) is 96.9 Å². The highest BCUT2D eigenvalue weighted by Crippen LogP contribution is 2.26. The average molecular weight is 358 g/mol. The molecule has 138 valence electrons. The molecule has 0 bridgehead atoms. The molecule has 7 nitrogen and oxygen atoms in total. The van der Waals surface area contributed by atoms with Crippen molar-refractivity contribution in [2.24, 2.45) is 0 Å². The van der Waals surface area contributed by atoms with Gasteiger partial charge < -0.3 is 25.2 Å². The number of phenols is 1. The third-order valence-electron chi connectivity index (χ3n) is 3.57. The van der Waals surface area contributed by atoms with Gasteiger partial charge in [0.05, 0.1) is 25.8 Å². The van der Waals surface area contributed by atoms with Crippen molar-refractivity contribution in [2.45, 2.75) is 13.5 Å². The molecule has 0 aliphatic heterocycles. The lowest BCUT2D eigenvalue weighted by Gasteiger charge is -2.11. The largest absolute Gasteiger partial charge is 0.504 e. The van der Waals surface area contributed by atoms with Crippen molar-refractivity contribution in [3.8, 4) is 17.2 Å². The Hall–Kier alpha value is -3.22. The molecule has 0 aromatic heterocycles. The lowest BCUT2D eigenvalue weighted by atomic mass is 10.2. The van der Waals surface area contributed by atoms with Crippen molar-refractivity contribution < 1.29 is 24.2 Å². The van der Waals surface area contributed by atoms with Crippen LogP contribution in [0.25, 0.3) is 0 Å². The summed E-state index contributed by atoms with van der Waals surface area (Å²) in [6, 6.07) is 11.7. The van der Waals surface area contributed by atoms with Crippen LogP contribution in [-0.4, -0.2) is 37.2 Å². The van der Waals surface area contributed by atoms with Crippen LogP contribution >= 0.6 is 0 Å². The predicted molar refractivity (Wildman–Crippen MR) is 96.4 cm³/mol. The molecule has 0 unspecified atom stereocenters. The molecule has 7 heteroatoms. The second-order valence-corrected chi connectivity index (χ2v) is 5.39. The highest BCUT2D eigenvalue weighted by Gasteiger charge is 2.13. The van der Waals surface area contributed by atoms with Crippen molar-refractivity contribution in [1.82, 2.24) is 10.6 Å². The first-order valence-corrected chi connectivity index (χ1v) is 8.17. The maximum Gasteiger partial charge on any atom is 0.255 e. The maximum absolute atomic E-state index is 12.2. The van der Waals surface area contributed by atoms with Gasteiger partial charge in [-0.15, -0.1) is 0 Å². The summed E-state index contributed by atoms with van der Waals surface area (Å²) in [5.74, 6) is 0.124. The Bertz CT molecular complexity index is 776. The van der Waals surface area contributed by atoms with Crippen molar-refractivity contribution >= 4 is 11.8 Å².